The fraction of sp³-hybridized carbons (Fsp3) is 0.643. The number of rotatable bonds is 4. The van der Waals surface area contributed by atoms with Crippen molar-refractivity contribution in [3.8, 4) is 0 Å². The van der Waals surface area contributed by atoms with Gasteiger partial charge in [0.1, 0.15) is 0 Å². The van der Waals surface area contributed by atoms with Gasteiger partial charge in [-0.15, -0.1) is 0 Å². The van der Waals surface area contributed by atoms with Crippen molar-refractivity contribution in [2.45, 2.75) is 45.3 Å². The second-order valence-electron chi connectivity index (χ2n) is 5.33. The van der Waals surface area contributed by atoms with Crippen LogP contribution in [0.5, 0.6) is 0 Å². The average Bonchev–Trinajstić information content (AvgIpc) is 2.81. The molecule has 1 saturated heterocycles. The third-order valence-electron chi connectivity index (χ3n) is 3.61. The molecule has 1 amide bonds. The predicted molar refractivity (Wildman–Crippen MR) is 75.7 cm³/mol. The molecule has 0 N–H and O–H groups in total. The molecule has 4 heteroatoms. The van der Waals surface area contributed by atoms with Crippen LogP contribution in [0.2, 0.25) is 0 Å². The van der Waals surface area contributed by atoms with Gasteiger partial charge >= 0.3 is 0 Å². The SMILES string of the molecule is CC(C)N1CCC[C@@H](N(C)Cc2ccsc2)C1=O. The van der Waals surface area contributed by atoms with Crippen molar-refractivity contribution < 1.29 is 4.79 Å². The van der Waals surface area contributed by atoms with E-state index in [0.717, 1.165) is 25.9 Å². The number of likely N-dealkylation sites (tertiary alicyclic amines) is 1. The second-order valence-corrected chi connectivity index (χ2v) is 6.11. The molecule has 0 unspecified atom stereocenters. The van der Waals surface area contributed by atoms with Crippen LogP contribution in [-0.2, 0) is 11.3 Å². The van der Waals surface area contributed by atoms with Crippen LogP contribution in [0.4, 0.5) is 0 Å². The molecular weight excluding hydrogens is 244 g/mol. The summed E-state index contributed by atoms with van der Waals surface area (Å²) < 4.78 is 0. The van der Waals surface area contributed by atoms with Crippen LogP contribution in [0, 0.1) is 0 Å². The molecule has 18 heavy (non-hydrogen) atoms. The summed E-state index contributed by atoms with van der Waals surface area (Å²) in [4.78, 5) is 16.6. The molecule has 1 atom stereocenters. The molecule has 1 aromatic heterocycles. The van der Waals surface area contributed by atoms with E-state index >= 15 is 0 Å². The number of amides is 1. The monoisotopic (exact) mass is 266 g/mol. The van der Waals surface area contributed by atoms with Crippen molar-refractivity contribution in [2.75, 3.05) is 13.6 Å². The molecule has 0 aromatic carbocycles. The summed E-state index contributed by atoms with van der Waals surface area (Å²) in [6, 6.07) is 2.50. The summed E-state index contributed by atoms with van der Waals surface area (Å²) in [6.45, 7) is 5.98. The molecule has 1 fully saturated rings. The topological polar surface area (TPSA) is 23.6 Å². The van der Waals surface area contributed by atoms with E-state index in [4.69, 9.17) is 0 Å². The maximum Gasteiger partial charge on any atom is 0.240 e. The van der Waals surface area contributed by atoms with Gasteiger partial charge in [-0.05, 0) is 56.1 Å². The Labute approximate surface area is 113 Å². The van der Waals surface area contributed by atoms with E-state index < -0.39 is 0 Å². The summed E-state index contributed by atoms with van der Waals surface area (Å²) in [5, 5.41) is 4.25. The highest BCUT2D eigenvalue weighted by molar-refractivity contribution is 7.07. The number of carbonyl (C=O) groups excluding carboxylic acids is 1. The average molecular weight is 266 g/mol. The van der Waals surface area contributed by atoms with Gasteiger partial charge in [0.05, 0.1) is 6.04 Å². The Kier molecular flexibility index (Phi) is 4.40. The molecule has 0 radical (unpaired) electrons. The van der Waals surface area contributed by atoms with E-state index in [1.165, 1.54) is 5.56 Å². The third-order valence-corrected chi connectivity index (χ3v) is 4.34. The van der Waals surface area contributed by atoms with Crippen LogP contribution in [0.3, 0.4) is 0 Å². The minimum absolute atomic E-state index is 0.0565. The van der Waals surface area contributed by atoms with E-state index in [1.807, 2.05) is 4.90 Å². The highest BCUT2D eigenvalue weighted by atomic mass is 32.1. The normalized spacial score (nSPS) is 21.1. The lowest BCUT2D eigenvalue weighted by molar-refractivity contribution is -0.141. The zero-order chi connectivity index (χ0) is 13.1. The van der Waals surface area contributed by atoms with Crippen molar-refractivity contribution >= 4 is 17.2 Å². The molecular formula is C14H22N2OS. The van der Waals surface area contributed by atoms with E-state index in [0.29, 0.717) is 11.9 Å². The van der Waals surface area contributed by atoms with Gasteiger partial charge in [0.25, 0.3) is 0 Å². The van der Waals surface area contributed by atoms with Crippen LogP contribution < -0.4 is 0 Å². The molecule has 100 valence electrons. The Morgan fingerprint density at radius 1 is 1.56 bits per heavy atom. The van der Waals surface area contributed by atoms with Gasteiger partial charge in [-0.25, -0.2) is 0 Å². The number of piperidine rings is 1. The number of carbonyl (C=O) groups is 1. The van der Waals surface area contributed by atoms with Gasteiger partial charge in [0.15, 0.2) is 0 Å². The third kappa shape index (κ3) is 2.93. The van der Waals surface area contributed by atoms with Gasteiger partial charge in [0, 0.05) is 19.1 Å². The van der Waals surface area contributed by atoms with E-state index in [1.54, 1.807) is 11.3 Å². The molecule has 3 nitrogen and oxygen atoms in total. The summed E-state index contributed by atoms with van der Waals surface area (Å²) in [6.07, 6.45) is 2.10. The van der Waals surface area contributed by atoms with Crippen molar-refractivity contribution in [3.63, 3.8) is 0 Å². The lowest BCUT2D eigenvalue weighted by atomic mass is 10.0. The minimum atomic E-state index is 0.0565. The number of thiophene rings is 1. The Balaban J connectivity index is 2.01. The van der Waals surface area contributed by atoms with Crippen LogP contribution >= 0.6 is 11.3 Å². The van der Waals surface area contributed by atoms with Gasteiger partial charge in [-0.2, -0.15) is 11.3 Å². The number of likely N-dealkylation sites (N-methyl/N-ethyl adjacent to an activating group) is 1. The molecule has 0 spiro atoms. The summed E-state index contributed by atoms with van der Waals surface area (Å²) in [5.74, 6) is 0.300. The summed E-state index contributed by atoms with van der Waals surface area (Å²) in [7, 11) is 2.06. The molecule has 2 rings (SSSR count). The highest BCUT2D eigenvalue weighted by Crippen LogP contribution is 2.20. The van der Waals surface area contributed by atoms with Crippen LogP contribution in [-0.4, -0.2) is 41.4 Å². The fourth-order valence-electron chi connectivity index (χ4n) is 2.58. The lowest BCUT2D eigenvalue weighted by Crippen LogP contribution is -2.53. The Hall–Kier alpha value is -0.870. The zero-order valence-electron chi connectivity index (χ0n) is 11.4. The van der Waals surface area contributed by atoms with E-state index in [9.17, 15) is 4.79 Å². The molecule has 2 heterocycles. The molecule has 0 bridgehead atoms. The maximum atomic E-state index is 12.4. The maximum absolute atomic E-state index is 12.4. The van der Waals surface area contributed by atoms with Gasteiger partial charge in [-0.3, -0.25) is 9.69 Å². The quantitative estimate of drug-likeness (QED) is 0.836. The van der Waals surface area contributed by atoms with Crippen LogP contribution in [0.15, 0.2) is 16.8 Å². The first-order chi connectivity index (χ1) is 8.59. The fourth-order valence-corrected chi connectivity index (χ4v) is 3.24. The lowest BCUT2D eigenvalue weighted by Gasteiger charge is -2.38. The molecule has 1 aliphatic heterocycles. The van der Waals surface area contributed by atoms with Crippen molar-refractivity contribution in [1.82, 2.24) is 9.80 Å². The van der Waals surface area contributed by atoms with Crippen molar-refractivity contribution in [3.05, 3.63) is 22.4 Å². The zero-order valence-corrected chi connectivity index (χ0v) is 12.2. The second kappa shape index (κ2) is 5.85. The molecule has 0 aliphatic carbocycles. The first-order valence-electron chi connectivity index (χ1n) is 6.61. The first-order valence-corrected chi connectivity index (χ1v) is 7.55. The molecule has 1 aromatic rings. The largest absolute Gasteiger partial charge is 0.339 e. The molecule has 0 saturated carbocycles. The Morgan fingerprint density at radius 2 is 2.33 bits per heavy atom. The number of hydrogen-bond acceptors (Lipinski definition) is 3. The highest BCUT2D eigenvalue weighted by Gasteiger charge is 2.32. The van der Waals surface area contributed by atoms with Crippen LogP contribution in [0.25, 0.3) is 0 Å². The molecule has 1 aliphatic rings. The predicted octanol–water partition coefficient (Wildman–Crippen LogP) is 2.58. The smallest absolute Gasteiger partial charge is 0.240 e. The van der Waals surface area contributed by atoms with Crippen molar-refractivity contribution in [1.29, 1.82) is 0 Å². The van der Waals surface area contributed by atoms with Gasteiger partial charge in [-0.1, -0.05) is 0 Å². The number of nitrogens with zero attached hydrogens (tertiary/aromatic N) is 2. The van der Waals surface area contributed by atoms with E-state index in [2.05, 4.69) is 42.6 Å². The van der Waals surface area contributed by atoms with Crippen LogP contribution in [0.1, 0.15) is 32.3 Å². The van der Waals surface area contributed by atoms with Crippen molar-refractivity contribution in [2.24, 2.45) is 0 Å². The Morgan fingerprint density at radius 3 is 2.94 bits per heavy atom. The van der Waals surface area contributed by atoms with Gasteiger partial charge < -0.3 is 4.90 Å². The summed E-state index contributed by atoms with van der Waals surface area (Å²) in [5.41, 5.74) is 1.30. The minimum Gasteiger partial charge on any atom is -0.339 e. The van der Waals surface area contributed by atoms with Gasteiger partial charge in [0.2, 0.25) is 5.91 Å². The van der Waals surface area contributed by atoms with E-state index in [-0.39, 0.29) is 6.04 Å². The Bertz CT molecular complexity index is 389. The standard InChI is InChI=1S/C14H22N2OS/c1-11(2)16-7-4-5-13(14(16)17)15(3)9-12-6-8-18-10-12/h6,8,10-11,13H,4-5,7,9H2,1-3H3/t13-/m1/s1. The number of hydrogen-bond donors (Lipinski definition) is 0. The first kappa shape index (κ1) is 13.6. The summed E-state index contributed by atoms with van der Waals surface area (Å²) >= 11 is 1.71.